The number of benzene rings is 1. The third-order valence-electron chi connectivity index (χ3n) is 2.85. The molecule has 1 rings (SSSR count). The van der Waals surface area contributed by atoms with Gasteiger partial charge in [-0.15, -0.1) is 0 Å². The zero-order valence-electron chi connectivity index (χ0n) is 10.8. The third-order valence-corrected chi connectivity index (χ3v) is 3.14. The Morgan fingerprint density at radius 1 is 1.56 bits per heavy atom. The van der Waals surface area contributed by atoms with Gasteiger partial charge < -0.3 is 5.73 Å². The molecule has 1 amide bonds. The summed E-state index contributed by atoms with van der Waals surface area (Å²) in [5, 5.41) is 3.08. The van der Waals surface area contributed by atoms with Crippen LogP contribution in [0.15, 0.2) is 18.2 Å². The van der Waals surface area contributed by atoms with Crippen LogP contribution in [0.25, 0.3) is 0 Å². The van der Waals surface area contributed by atoms with Crippen molar-refractivity contribution in [2.24, 2.45) is 11.7 Å². The first-order chi connectivity index (χ1) is 8.27. The molecule has 0 aliphatic heterocycles. The predicted octanol–water partition coefficient (Wildman–Crippen LogP) is 2.43. The molecule has 0 bridgehead atoms. The van der Waals surface area contributed by atoms with Gasteiger partial charge in [-0.3, -0.25) is 10.1 Å². The fourth-order valence-electron chi connectivity index (χ4n) is 1.55. The lowest BCUT2D eigenvalue weighted by Gasteiger charge is -2.29. The minimum Gasteiger partial charge on any atom is -0.368 e. The molecule has 0 fully saturated rings. The standard InChI is InChI=1S/C13H18ClFN2O/c1-8(2)7-17-13(3,12(16)18)9-4-5-11(15)10(14)6-9/h4-6,8,17H,7H2,1-3H3,(H2,16,18). The van der Waals surface area contributed by atoms with E-state index in [2.05, 4.69) is 5.32 Å². The van der Waals surface area contributed by atoms with E-state index in [-0.39, 0.29) is 5.02 Å². The number of carbonyl (C=O) groups excluding carboxylic acids is 1. The van der Waals surface area contributed by atoms with E-state index in [0.717, 1.165) is 0 Å². The SMILES string of the molecule is CC(C)CNC(C)(C(N)=O)c1ccc(F)c(Cl)c1. The van der Waals surface area contributed by atoms with Gasteiger partial charge in [-0.2, -0.15) is 0 Å². The minimum atomic E-state index is -1.05. The second-order valence-corrected chi connectivity index (χ2v) is 5.30. The molecule has 18 heavy (non-hydrogen) atoms. The molecule has 5 heteroatoms. The molecule has 100 valence electrons. The highest BCUT2D eigenvalue weighted by Gasteiger charge is 2.33. The van der Waals surface area contributed by atoms with Gasteiger partial charge in [-0.05, 0) is 37.1 Å². The number of hydrogen-bond acceptors (Lipinski definition) is 2. The van der Waals surface area contributed by atoms with Crippen LogP contribution in [0.1, 0.15) is 26.3 Å². The fourth-order valence-corrected chi connectivity index (χ4v) is 1.73. The van der Waals surface area contributed by atoms with E-state index in [4.69, 9.17) is 17.3 Å². The Balaban J connectivity index is 3.10. The summed E-state index contributed by atoms with van der Waals surface area (Å²) in [7, 11) is 0. The van der Waals surface area contributed by atoms with E-state index >= 15 is 0 Å². The summed E-state index contributed by atoms with van der Waals surface area (Å²) >= 11 is 5.73. The van der Waals surface area contributed by atoms with E-state index < -0.39 is 17.3 Å². The number of carbonyl (C=O) groups is 1. The van der Waals surface area contributed by atoms with Crippen LogP contribution in [0, 0.1) is 11.7 Å². The molecule has 0 aliphatic rings. The van der Waals surface area contributed by atoms with Gasteiger partial charge in [-0.25, -0.2) is 4.39 Å². The minimum absolute atomic E-state index is 0.0219. The first kappa shape index (κ1) is 14.9. The van der Waals surface area contributed by atoms with Gasteiger partial charge in [0, 0.05) is 0 Å². The van der Waals surface area contributed by atoms with Crippen LogP contribution in [-0.2, 0) is 10.3 Å². The van der Waals surface area contributed by atoms with Crippen LogP contribution in [-0.4, -0.2) is 12.5 Å². The average Bonchev–Trinajstić information content (AvgIpc) is 2.29. The number of primary amides is 1. The highest BCUT2D eigenvalue weighted by Crippen LogP contribution is 2.25. The second kappa shape index (κ2) is 5.67. The summed E-state index contributed by atoms with van der Waals surface area (Å²) in [6.45, 7) is 6.33. The predicted molar refractivity (Wildman–Crippen MR) is 70.8 cm³/mol. The molecule has 3 nitrogen and oxygen atoms in total. The Bertz CT molecular complexity index is 451. The van der Waals surface area contributed by atoms with Crippen molar-refractivity contribution >= 4 is 17.5 Å². The van der Waals surface area contributed by atoms with Crippen molar-refractivity contribution in [2.45, 2.75) is 26.3 Å². The van der Waals surface area contributed by atoms with Crippen molar-refractivity contribution in [3.63, 3.8) is 0 Å². The Morgan fingerprint density at radius 3 is 2.61 bits per heavy atom. The van der Waals surface area contributed by atoms with Crippen LogP contribution in [0.3, 0.4) is 0 Å². The van der Waals surface area contributed by atoms with Crippen LogP contribution < -0.4 is 11.1 Å². The van der Waals surface area contributed by atoms with E-state index in [1.165, 1.54) is 18.2 Å². The summed E-state index contributed by atoms with van der Waals surface area (Å²) in [6.07, 6.45) is 0. The van der Waals surface area contributed by atoms with Crippen molar-refractivity contribution in [1.29, 1.82) is 0 Å². The van der Waals surface area contributed by atoms with Gasteiger partial charge in [0.1, 0.15) is 11.4 Å². The van der Waals surface area contributed by atoms with Crippen LogP contribution in [0.5, 0.6) is 0 Å². The summed E-state index contributed by atoms with van der Waals surface area (Å²) in [5.41, 5.74) is 4.94. The molecule has 1 unspecified atom stereocenters. The molecule has 0 spiro atoms. The molecule has 0 heterocycles. The van der Waals surface area contributed by atoms with Gasteiger partial charge in [0.05, 0.1) is 5.02 Å². The van der Waals surface area contributed by atoms with Gasteiger partial charge in [0.15, 0.2) is 0 Å². The molecule has 0 saturated carbocycles. The summed E-state index contributed by atoms with van der Waals surface area (Å²) in [6, 6.07) is 4.17. The largest absolute Gasteiger partial charge is 0.368 e. The maximum atomic E-state index is 13.1. The van der Waals surface area contributed by atoms with Crippen molar-refractivity contribution < 1.29 is 9.18 Å². The number of nitrogens with one attached hydrogen (secondary N) is 1. The fraction of sp³-hybridized carbons (Fsp3) is 0.462. The molecule has 0 saturated heterocycles. The molecule has 0 radical (unpaired) electrons. The molecular weight excluding hydrogens is 255 g/mol. The first-order valence-electron chi connectivity index (χ1n) is 5.78. The average molecular weight is 273 g/mol. The van der Waals surface area contributed by atoms with Gasteiger partial charge in [0.25, 0.3) is 0 Å². The summed E-state index contributed by atoms with van der Waals surface area (Å²) in [4.78, 5) is 11.7. The van der Waals surface area contributed by atoms with Crippen LogP contribution in [0.4, 0.5) is 4.39 Å². The Hall–Kier alpha value is -1.13. The lowest BCUT2D eigenvalue weighted by molar-refractivity contribution is -0.124. The van der Waals surface area contributed by atoms with Crippen molar-refractivity contribution in [2.75, 3.05) is 6.54 Å². The molecule has 1 aromatic carbocycles. The summed E-state index contributed by atoms with van der Waals surface area (Å²) < 4.78 is 13.1. The van der Waals surface area contributed by atoms with Crippen LogP contribution in [0.2, 0.25) is 5.02 Å². The molecule has 0 aromatic heterocycles. The maximum Gasteiger partial charge on any atom is 0.242 e. The zero-order valence-corrected chi connectivity index (χ0v) is 11.5. The zero-order chi connectivity index (χ0) is 13.9. The van der Waals surface area contributed by atoms with Crippen molar-refractivity contribution in [3.05, 3.63) is 34.6 Å². The number of amides is 1. The monoisotopic (exact) mass is 272 g/mol. The van der Waals surface area contributed by atoms with Crippen molar-refractivity contribution in [1.82, 2.24) is 5.32 Å². The Labute approximate surface area is 112 Å². The quantitative estimate of drug-likeness (QED) is 0.865. The number of hydrogen-bond donors (Lipinski definition) is 2. The number of nitrogens with two attached hydrogens (primary N) is 1. The smallest absolute Gasteiger partial charge is 0.242 e. The number of halogens is 2. The highest BCUT2D eigenvalue weighted by molar-refractivity contribution is 6.30. The van der Waals surface area contributed by atoms with Crippen LogP contribution >= 0.6 is 11.6 Å². The molecule has 0 aliphatic carbocycles. The molecule has 1 aromatic rings. The van der Waals surface area contributed by atoms with Gasteiger partial charge in [0.2, 0.25) is 5.91 Å². The molecule has 1 atom stereocenters. The lowest BCUT2D eigenvalue weighted by Crippen LogP contribution is -2.51. The Morgan fingerprint density at radius 2 is 2.17 bits per heavy atom. The first-order valence-corrected chi connectivity index (χ1v) is 6.15. The topological polar surface area (TPSA) is 55.1 Å². The highest BCUT2D eigenvalue weighted by atomic mass is 35.5. The van der Waals surface area contributed by atoms with E-state index in [1.54, 1.807) is 6.92 Å². The second-order valence-electron chi connectivity index (χ2n) is 4.89. The van der Waals surface area contributed by atoms with Gasteiger partial charge in [-0.1, -0.05) is 31.5 Å². The number of rotatable bonds is 5. The Kier molecular flexibility index (Phi) is 4.71. The molecular formula is C13H18ClFN2O. The van der Waals surface area contributed by atoms with Crippen molar-refractivity contribution in [3.8, 4) is 0 Å². The summed E-state index contributed by atoms with van der Waals surface area (Å²) in [5.74, 6) is -0.679. The van der Waals surface area contributed by atoms with E-state index in [1.807, 2.05) is 13.8 Å². The lowest BCUT2D eigenvalue weighted by atomic mass is 9.90. The normalized spacial score (nSPS) is 14.6. The van der Waals surface area contributed by atoms with Gasteiger partial charge >= 0.3 is 0 Å². The molecule has 3 N–H and O–H groups in total. The third kappa shape index (κ3) is 3.21. The van der Waals surface area contributed by atoms with E-state index in [9.17, 15) is 9.18 Å². The van der Waals surface area contributed by atoms with E-state index in [0.29, 0.717) is 18.0 Å². The maximum absolute atomic E-state index is 13.1.